The molecule has 6 heteroatoms. The fraction of sp³-hybridized carbons (Fsp3) is 0.600. The summed E-state index contributed by atoms with van der Waals surface area (Å²) in [5.41, 5.74) is 0. The maximum atomic E-state index is 11.1. The second kappa shape index (κ2) is 7.70. The zero-order valence-electron chi connectivity index (χ0n) is 9.51. The second-order valence-electron chi connectivity index (χ2n) is 3.54. The standard InChI is InChI=1S/C10H18N2O4/c1-12(2)9(14)6-4-3-5-8(7-13)11-10(15)16/h4,6,8,11,13H,3,5,7H2,1-2H3,(H,15,16)/b6-4+/t8-/m0/s1. The van der Waals surface area contributed by atoms with Crippen LogP contribution in [0.1, 0.15) is 12.8 Å². The number of nitrogens with one attached hydrogen (secondary N) is 1. The van der Waals surface area contributed by atoms with Crippen LogP contribution in [0.2, 0.25) is 0 Å². The van der Waals surface area contributed by atoms with Gasteiger partial charge in [0.25, 0.3) is 0 Å². The SMILES string of the molecule is CN(C)C(=O)/C=C/CC[C@@H](CO)NC(=O)O. The molecule has 0 heterocycles. The van der Waals surface area contributed by atoms with Crippen molar-refractivity contribution in [3.8, 4) is 0 Å². The first kappa shape index (κ1) is 14.4. The molecule has 0 spiro atoms. The number of carbonyl (C=O) groups excluding carboxylic acids is 1. The molecular formula is C10H18N2O4. The van der Waals surface area contributed by atoms with E-state index in [-0.39, 0.29) is 12.5 Å². The van der Waals surface area contributed by atoms with Crippen LogP contribution in [0.25, 0.3) is 0 Å². The highest BCUT2D eigenvalue weighted by molar-refractivity contribution is 5.87. The largest absolute Gasteiger partial charge is 0.465 e. The van der Waals surface area contributed by atoms with Crippen molar-refractivity contribution in [1.82, 2.24) is 10.2 Å². The van der Waals surface area contributed by atoms with E-state index in [1.165, 1.54) is 11.0 Å². The summed E-state index contributed by atoms with van der Waals surface area (Å²) < 4.78 is 0. The van der Waals surface area contributed by atoms with Gasteiger partial charge < -0.3 is 20.4 Å². The Kier molecular flexibility index (Phi) is 6.95. The summed E-state index contributed by atoms with van der Waals surface area (Å²) in [4.78, 5) is 22.9. The Morgan fingerprint density at radius 2 is 2.06 bits per heavy atom. The van der Waals surface area contributed by atoms with Crippen LogP contribution in [0.5, 0.6) is 0 Å². The molecule has 0 saturated heterocycles. The summed E-state index contributed by atoms with van der Waals surface area (Å²) in [5.74, 6) is -0.119. The minimum Gasteiger partial charge on any atom is -0.465 e. The molecule has 16 heavy (non-hydrogen) atoms. The normalized spacial score (nSPS) is 12.4. The van der Waals surface area contributed by atoms with Crippen LogP contribution in [0.15, 0.2) is 12.2 Å². The molecule has 0 aromatic rings. The third-order valence-electron chi connectivity index (χ3n) is 1.93. The number of likely N-dealkylation sites (N-methyl/N-ethyl adjacent to an activating group) is 1. The summed E-state index contributed by atoms with van der Waals surface area (Å²) in [6, 6.07) is -0.489. The van der Waals surface area contributed by atoms with E-state index >= 15 is 0 Å². The predicted molar refractivity (Wildman–Crippen MR) is 59.1 cm³/mol. The first-order valence-corrected chi connectivity index (χ1v) is 4.95. The molecule has 0 radical (unpaired) electrons. The quantitative estimate of drug-likeness (QED) is 0.562. The lowest BCUT2D eigenvalue weighted by atomic mass is 10.1. The van der Waals surface area contributed by atoms with Gasteiger partial charge in [-0.2, -0.15) is 0 Å². The lowest BCUT2D eigenvalue weighted by Crippen LogP contribution is -2.36. The molecule has 0 aliphatic carbocycles. The van der Waals surface area contributed by atoms with Crippen LogP contribution in [0.4, 0.5) is 4.79 Å². The topological polar surface area (TPSA) is 89.9 Å². The van der Waals surface area contributed by atoms with Gasteiger partial charge in [-0.15, -0.1) is 0 Å². The monoisotopic (exact) mass is 230 g/mol. The number of aliphatic hydroxyl groups is 1. The molecule has 0 fully saturated rings. The Hall–Kier alpha value is -1.56. The van der Waals surface area contributed by atoms with Crippen molar-refractivity contribution in [2.75, 3.05) is 20.7 Å². The van der Waals surface area contributed by atoms with E-state index in [9.17, 15) is 9.59 Å². The number of hydrogen-bond acceptors (Lipinski definition) is 3. The molecule has 0 bridgehead atoms. The molecule has 0 aromatic heterocycles. The van der Waals surface area contributed by atoms with Gasteiger partial charge in [-0.1, -0.05) is 6.08 Å². The van der Waals surface area contributed by atoms with Gasteiger partial charge in [0, 0.05) is 14.1 Å². The maximum Gasteiger partial charge on any atom is 0.404 e. The molecule has 0 aliphatic heterocycles. The van der Waals surface area contributed by atoms with Gasteiger partial charge in [0.05, 0.1) is 12.6 Å². The first-order chi connectivity index (χ1) is 7.47. The van der Waals surface area contributed by atoms with Crippen molar-refractivity contribution < 1.29 is 19.8 Å². The lowest BCUT2D eigenvalue weighted by Gasteiger charge is -2.12. The molecule has 0 unspecified atom stereocenters. The third kappa shape index (κ3) is 6.83. The molecule has 6 nitrogen and oxygen atoms in total. The van der Waals surface area contributed by atoms with Crippen LogP contribution in [0, 0.1) is 0 Å². The average molecular weight is 230 g/mol. The number of hydrogen-bond donors (Lipinski definition) is 3. The average Bonchev–Trinajstić information content (AvgIpc) is 2.21. The zero-order chi connectivity index (χ0) is 12.6. The van der Waals surface area contributed by atoms with Gasteiger partial charge in [-0.05, 0) is 18.9 Å². The number of aliphatic hydroxyl groups excluding tert-OH is 1. The van der Waals surface area contributed by atoms with Gasteiger partial charge in [-0.25, -0.2) is 4.79 Å². The van der Waals surface area contributed by atoms with Crippen LogP contribution in [-0.2, 0) is 4.79 Å². The van der Waals surface area contributed by atoms with Crippen LogP contribution in [-0.4, -0.2) is 53.9 Å². The van der Waals surface area contributed by atoms with Crippen LogP contribution < -0.4 is 5.32 Å². The third-order valence-corrected chi connectivity index (χ3v) is 1.93. The van der Waals surface area contributed by atoms with E-state index in [0.717, 1.165) is 0 Å². The Labute approximate surface area is 94.6 Å². The number of carboxylic acid groups (broad SMARTS) is 1. The molecule has 0 saturated carbocycles. The van der Waals surface area contributed by atoms with Crippen LogP contribution in [0.3, 0.4) is 0 Å². The highest BCUT2D eigenvalue weighted by Crippen LogP contribution is 1.98. The van der Waals surface area contributed by atoms with Gasteiger partial charge >= 0.3 is 6.09 Å². The minimum absolute atomic E-state index is 0.119. The minimum atomic E-state index is -1.16. The molecular weight excluding hydrogens is 212 g/mol. The van der Waals surface area contributed by atoms with Gasteiger partial charge in [0.2, 0.25) is 5.91 Å². The number of rotatable bonds is 6. The highest BCUT2D eigenvalue weighted by Gasteiger charge is 2.08. The van der Waals surface area contributed by atoms with Gasteiger partial charge in [0.1, 0.15) is 0 Å². The molecule has 1 atom stereocenters. The molecule has 2 amide bonds. The predicted octanol–water partition coefficient (Wildman–Crippen LogP) is 0.0395. The van der Waals surface area contributed by atoms with Crippen LogP contribution >= 0.6 is 0 Å². The van der Waals surface area contributed by atoms with Crippen molar-refractivity contribution in [2.24, 2.45) is 0 Å². The van der Waals surface area contributed by atoms with Crippen molar-refractivity contribution in [1.29, 1.82) is 0 Å². The van der Waals surface area contributed by atoms with Crippen molar-refractivity contribution in [3.05, 3.63) is 12.2 Å². The number of nitrogens with zero attached hydrogens (tertiary/aromatic N) is 1. The van der Waals surface area contributed by atoms with Crippen molar-refractivity contribution in [2.45, 2.75) is 18.9 Å². The fourth-order valence-corrected chi connectivity index (χ4v) is 1.01. The molecule has 3 N–H and O–H groups in total. The maximum absolute atomic E-state index is 11.1. The molecule has 0 rings (SSSR count). The van der Waals surface area contributed by atoms with E-state index in [1.807, 2.05) is 0 Å². The summed E-state index contributed by atoms with van der Waals surface area (Å²) in [5, 5.41) is 19.5. The molecule has 0 aliphatic rings. The van der Waals surface area contributed by atoms with Gasteiger partial charge in [-0.3, -0.25) is 4.79 Å². The first-order valence-electron chi connectivity index (χ1n) is 4.95. The van der Waals surface area contributed by atoms with E-state index in [2.05, 4.69) is 5.32 Å². The smallest absolute Gasteiger partial charge is 0.404 e. The van der Waals surface area contributed by atoms with Gasteiger partial charge in [0.15, 0.2) is 0 Å². The van der Waals surface area contributed by atoms with E-state index in [1.54, 1.807) is 20.2 Å². The Morgan fingerprint density at radius 1 is 1.44 bits per heavy atom. The zero-order valence-corrected chi connectivity index (χ0v) is 9.51. The second-order valence-corrected chi connectivity index (χ2v) is 3.54. The Balaban J connectivity index is 3.86. The molecule has 0 aromatic carbocycles. The molecule has 92 valence electrons. The Bertz CT molecular complexity index is 264. The van der Waals surface area contributed by atoms with E-state index < -0.39 is 12.1 Å². The highest BCUT2D eigenvalue weighted by atomic mass is 16.4. The van der Waals surface area contributed by atoms with Crippen molar-refractivity contribution >= 4 is 12.0 Å². The summed E-state index contributed by atoms with van der Waals surface area (Å²) in [6.45, 7) is -0.248. The van der Waals surface area contributed by atoms with E-state index in [4.69, 9.17) is 10.2 Å². The summed E-state index contributed by atoms with van der Waals surface area (Å²) in [7, 11) is 3.30. The number of allylic oxidation sites excluding steroid dienone is 1. The Morgan fingerprint density at radius 3 is 2.50 bits per heavy atom. The van der Waals surface area contributed by atoms with Crippen molar-refractivity contribution in [3.63, 3.8) is 0 Å². The fourth-order valence-electron chi connectivity index (χ4n) is 1.01. The number of carbonyl (C=O) groups is 2. The van der Waals surface area contributed by atoms with E-state index in [0.29, 0.717) is 12.8 Å². The number of amides is 2. The summed E-state index contributed by atoms with van der Waals surface area (Å²) in [6.07, 6.45) is 2.92. The lowest BCUT2D eigenvalue weighted by molar-refractivity contribution is -0.123. The summed E-state index contributed by atoms with van der Waals surface area (Å²) >= 11 is 0.